The fourth-order valence-electron chi connectivity index (χ4n) is 1.86. The van der Waals surface area contributed by atoms with E-state index < -0.39 is 15.4 Å². The summed E-state index contributed by atoms with van der Waals surface area (Å²) in [5.41, 5.74) is 0.807. The lowest BCUT2D eigenvalue weighted by Crippen LogP contribution is -2.43. The van der Waals surface area contributed by atoms with Gasteiger partial charge < -0.3 is 14.4 Å². The van der Waals surface area contributed by atoms with Crippen molar-refractivity contribution in [1.29, 1.82) is 0 Å². The molecule has 0 aliphatic rings. The second-order valence-electron chi connectivity index (χ2n) is 5.83. The zero-order chi connectivity index (χ0) is 17.6. The minimum Gasteiger partial charge on any atom is -0.382 e. The molecule has 1 rings (SSSR count). The minimum atomic E-state index is -3.63. The molecule has 6 nitrogen and oxygen atoms in total. The highest BCUT2D eigenvalue weighted by molar-refractivity contribution is 7.87. The van der Waals surface area contributed by atoms with Crippen LogP contribution in [0, 0.1) is 0 Å². The van der Waals surface area contributed by atoms with Crippen LogP contribution in [0.4, 0.5) is 4.79 Å². The second-order valence-corrected chi connectivity index (χ2v) is 7.92. The Morgan fingerprint density at radius 2 is 1.91 bits per heavy atom. The maximum absolute atomic E-state index is 12.1. The Bertz CT molecular complexity index is 627. The molecule has 0 radical (unpaired) electrons. The highest BCUT2D eigenvalue weighted by Crippen LogP contribution is 2.19. The van der Waals surface area contributed by atoms with Crippen LogP contribution in [0.1, 0.15) is 40.2 Å². The lowest BCUT2D eigenvalue weighted by Gasteiger charge is -2.27. The standard InChI is InChI=1S/C16H26N2O4S/c1-6-17-16(19)18(12(2)3)11-14-8-7-9-15(10-14)22-23(20,21)13(4)5/h7-10,12-13H,6,11H2,1-5H3,(H,17,19). The first kappa shape index (κ1) is 19.3. The third-order valence-electron chi connectivity index (χ3n) is 3.25. The molecule has 0 aliphatic carbocycles. The van der Waals surface area contributed by atoms with E-state index in [4.69, 9.17) is 4.18 Å². The Kier molecular flexibility index (Phi) is 6.87. The number of benzene rings is 1. The predicted molar refractivity (Wildman–Crippen MR) is 90.9 cm³/mol. The first-order valence-corrected chi connectivity index (χ1v) is 9.21. The highest BCUT2D eigenvalue weighted by Gasteiger charge is 2.19. The molecule has 0 spiro atoms. The molecule has 1 aromatic carbocycles. The number of urea groups is 1. The zero-order valence-electron chi connectivity index (χ0n) is 14.4. The van der Waals surface area contributed by atoms with E-state index >= 15 is 0 Å². The van der Waals surface area contributed by atoms with Crippen LogP contribution < -0.4 is 9.50 Å². The van der Waals surface area contributed by atoms with E-state index in [1.165, 1.54) is 0 Å². The molecule has 23 heavy (non-hydrogen) atoms. The Morgan fingerprint density at radius 1 is 1.26 bits per heavy atom. The lowest BCUT2D eigenvalue weighted by molar-refractivity contribution is 0.180. The van der Waals surface area contributed by atoms with Crippen molar-refractivity contribution in [3.05, 3.63) is 29.8 Å². The van der Waals surface area contributed by atoms with Gasteiger partial charge in [0.1, 0.15) is 5.75 Å². The van der Waals surface area contributed by atoms with Crippen LogP contribution >= 0.6 is 0 Å². The molecule has 7 heteroatoms. The topological polar surface area (TPSA) is 75.7 Å². The summed E-state index contributed by atoms with van der Waals surface area (Å²) in [5.74, 6) is 0.260. The summed E-state index contributed by atoms with van der Waals surface area (Å²) in [7, 11) is -3.63. The van der Waals surface area contributed by atoms with Crippen molar-refractivity contribution in [2.45, 2.75) is 52.5 Å². The van der Waals surface area contributed by atoms with Crippen molar-refractivity contribution in [2.24, 2.45) is 0 Å². The Morgan fingerprint density at radius 3 is 2.43 bits per heavy atom. The maximum atomic E-state index is 12.1. The molecular weight excluding hydrogens is 316 g/mol. The molecule has 0 heterocycles. The first-order chi connectivity index (χ1) is 10.7. The van der Waals surface area contributed by atoms with Gasteiger partial charge in [-0.3, -0.25) is 0 Å². The molecule has 130 valence electrons. The Balaban J connectivity index is 2.93. The molecule has 1 aromatic rings. The third-order valence-corrected chi connectivity index (χ3v) is 4.83. The van der Waals surface area contributed by atoms with E-state index in [1.807, 2.05) is 26.8 Å². The van der Waals surface area contributed by atoms with Gasteiger partial charge in [-0.15, -0.1) is 0 Å². The average molecular weight is 342 g/mol. The maximum Gasteiger partial charge on any atom is 0.317 e. The number of amides is 2. The van der Waals surface area contributed by atoms with Gasteiger partial charge in [0.2, 0.25) is 0 Å². The Labute approximate surface area is 138 Å². The van der Waals surface area contributed by atoms with Gasteiger partial charge in [0, 0.05) is 19.1 Å². The summed E-state index contributed by atoms with van der Waals surface area (Å²) in [6, 6.07) is 6.67. The van der Waals surface area contributed by atoms with Crippen molar-refractivity contribution in [1.82, 2.24) is 10.2 Å². The van der Waals surface area contributed by atoms with Crippen LogP contribution in [0.25, 0.3) is 0 Å². The summed E-state index contributed by atoms with van der Waals surface area (Å²) in [5, 5.41) is 2.16. The van der Waals surface area contributed by atoms with Gasteiger partial charge in [-0.1, -0.05) is 12.1 Å². The molecule has 0 saturated carbocycles. The number of nitrogens with one attached hydrogen (secondary N) is 1. The number of rotatable bonds is 7. The average Bonchev–Trinajstić information content (AvgIpc) is 2.44. The Hall–Kier alpha value is -1.76. The monoisotopic (exact) mass is 342 g/mol. The van der Waals surface area contributed by atoms with Crippen LogP contribution in [0.5, 0.6) is 5.75 Å². The van der Waals surface area contributed by atoms with E-state index in [0.717, 1.165) is 5.56 Å². The number of carbonyl (C=O) groups excluding carboxylic acids is 1. The van der Waals surface area contributed by atoms with Crippen molar-refractivity contribution in [3.63, 3.8) is 0 Å². The number of hydrogen-bond acceptors (Lipinski definition) is 4. The van der Waals surface area contributed by atoms with E-state index in [9.17, 15) is 13.2 Å². The number of nitrogens with zero attached hydrogens (tertiary/aromatic N) is 1. The molecule has 0 bridgehead atoms. The third kappa shape index (κ3) is 5.74. The quantitative estimate of drug-likeness (QED) is 0.773. The van der Waals surface area contributed by atoms with Crippen molar-refractivity contribution >= 4 is 16.1 Å². The van der Waals surface area contributed by atoms with E-state index in [2.05, 4.69) is 5.32 Å². The predicted octanol–water partition coefficient (Wildman–Crippen LogP) is 2.74. The highest BCUT2D eigenvalue weighted by atomic mass is 32.2. The number of hydrogen-bond donors (Lipinski definition) is 1. The van der Waals surface area contributed by atoms with Gasteiger partial charge in [-0.2, -0.15) is 8.42 Å². The van der Waals surface area contributed by atoms with Crippen LogP contribution in [0.2, 0.25) is 0 Å². The summed E-state index contributed by atoms with van der Waals surface area (Å²) in [6.45, 7) is 9.78. The first-order valence-electron chi connectivity index (χ1n) is 7.74. The summed E-state index contributed by atoms with van der Waals surface area (Å²) in [6.07, 6.45) is 0. The zero-order valence-corrected chi connectivity index (χ0v) is 15.2. The normalized spacial score (nSPS) is 11.6. The van der Waals surface area contributed by atoms with Gasteiger partial charge in [0.05, 0.1) is 5.25 Å². The molecule has 1 N–H and O–H groups in total. The molecule has 0 fully saturated rings. The van der Waals surface area contributed by atoms with Gasteiger partial charge >= 0.3 is 16.1 Å². The molecule has 0 atom stereocenters. The van der Waals surface area contributed by atoms with Crippen molar-refractivity contribution in [2.75, 3.05) is 6.54 Å². The van der Waals surface area contributed by atoms with Gasteiger partial charge in [-0.05, 0) is 52.3 Å². The fraction of sp³-hybridized carbons (Fsp3) is 0.562. The molecule has 0 saturated heterocycles. The fourth-order valence-corrected chi connectivity index (χ4v) is 2.43. The summed E-state index contributed by atoms with van der Waals surface area (Å²) >= 11 is 0. The van der Waals surface area contributed by atoms with Gasteiger partial charge in [0.15, 0.2) is 0 Å². The minimum absolute atomic E-state index is 0.0190. The van der Waals surface area contributed by atoms with Crippen LogP contribution in [0.3, 0.4) is 0 Å². The lowest BCUT2D eigenvalue weighted by atomic mass is 10.2. The van der Waals surface area contributed by atoms with E-state index in [1.54, 1.807) is 36.9 Å². The van der Waals surface area contributed by atoms with Crippen LogP contribution in [-0.4, -0.2) is 37.2 Å². The van der Waals surface area contributed by atoms with Crippen molar-refractivity contribution in [3.8, 4) is 5.75 Å². The summed E-state index contributed by atoms with van der Waals surface area (Å²) < 4.78 is 28.8. The van der Waals surface area contributed by atoms with E-state index in [-0.39, 0.29) is 17.8 Å². The molecule has 2 amide bonds. The van der Waals surface area contributed by atoms with Gasteiger partial charge in [0.25, 0.3) is 0 Å². The molecule has 0 unspecified atom stereocenters. The smallest absolute Gasteiger partial charge is 0.317 e. The number of carbonyl (C=O) groups is 1. The second kappa shape index (κ2) is 8.19. The summed E-state index contributed by atoms with van der Waals surface area (Å²) in [4.78, 5) is 13.8. The molecular formula is C16H26N2O4S. The largest absolute Gasteiger partial charge is 0.382 e. The van der Waals surface area contributed by atoms with Gasteiger partial charge in [-0.25, -0.2) is 4.79 Å². The van der Waals surface area contributed by atoms with Crippen LogP contribution in [0.15, 0.2) is 24.3 Å². The van der Waals surface area contributed by atoms with Crippen molar-refractivity contribution < 1.29 is 17.4 Å². The van der Waals surface area contributed by atoms with E-state index in [0.29, 0.717) is 13.1 Å². The molecule has 0 aliphatic heterocycles. The molecule has 0 aromatic heterocycles. The SMILES string of the molecule is CCNC(=O)N(Cc1cccc(OS(=O)(=O)C(C)C)c1)C(C)C. The van der Waals surface area contributed by atoms with Crippen LogP contribution in [-0.2, 0) is 16.7 Å².